The average molecular weight is 493 g/mol. The third kappa shape index (κ3) is 10.2. The molecule has 1 aromatic rings. The van der Waals surface area contributed by atoms with Crippen molar-refractivity contribution in [1.82, 2.24) is 16.0 Å². The molecule has 5 amide bonds. The molecular formula is C22H32N6O7. The first kappa shape index (κ1) is 29.0. The molecule has 35 heavy (non-hydrogen) atoms. The predicted octanol–water partition coefficient (Wildman–Crippen LogP) is -2.50. The summed E-state index contributed by atoms with van der Waals surface area (Å²) in [5, 5.41) is 16.2. The molecule has 0 saturated heterocycles. The van der Waals surface area contributed by atoms with E-state index in [-0.39, 0.29) is 12.3 Å². The van der Waals surface area contributed by atoms with Crippen LogP contribution in [0.4, 0.5) is 0 Å². The Morgan fingerprint density at radius 3 is 1.71 bits per heavy atom. The van der Waals surface area contributed by atoms with E-state index in [1.165, 1.54) is 0 Å². The zero-order valence-electron chi connectivity index (χ0n) is 19.5. The largest absolute Gasteiger partial charge is 0.480 e. The number of aliphatic carboxylic acids is 1. The summed E-state index contributed by atoms with van der Waals surface area (Å²) in [7, 11) is 0. The summed E-state index contributed by atoms with van der Waals surface area (Å²) in [6.45, 7) is 3.39. The zero-order chi connectivity index (χ0) is 26.7. The number of amides is 5. The van der Waals surface area contributed by atoms with Gasteiger partial charge in [0.05, 0.1) is 18.9 Å². The number of rotatable bonds is 14. The number of hydrogen-bond donors (Lipinski definition) is 7. The molecule has 0 bridgehead atoms. The summed E-state index contributed by atoms with van der Waals surface area (Å²) >= 11 is 0. The van der Waals surface area contributed by atoms with E-state index >= 15 is 0 Å². The van der Waals surface area contributed by atoms with Crippen LogP contribution in [0.5, 0.6) is 0 Å². The normalized spacial score (nSPS) is 14.2. The zero-order valence-corrected chi connectivity index (χ0v) is 19.5. The van der Waals surface area contributed by atoms with Gasteiger partial charge in [-0.25, -0.2) is 4.79 Å². The van der Waals surface area contributed by atoms with Crippen LogP contribution < -0.4 is 33.2 Å². The van der Waals surface area contributed by atoms with Crippen LogP contribution in [-0.4, -0.2) is 64.8 Å². The van der Waals surface area contributed by atoms with E-state index in [0.29, 0.717) is 5.56 Å². The lowest BCUT2D eigenvalue weighted by Gasteiger charge is -2.25. The Hall–Kier alpha value is -4.00. The fourth-order valence-electron chi connectivity index (χ4n) is 2.99. The predicted molar refractivity (Wildman–Crippen MR) is 124 cm³/mol. The van der Waals surface area contributed by atoms with Gasteiger partial charge in [0.15, 0.2) is 0 Å². The summed E-state index contributed by atoms with van der Waals surface area (Å²) in [6, 6.07) is 3.13. The molecule has 0 radical (unpaired) electrons. The molecule has 0 aliphatic carbocycles. The van der Waals surface area contributed by atoms with Crippen LogP contribution in [0, 0.1) is 5.92 Å². The summed E-state index contributed by atoms with van der Waals surface area (Å²) in [6.07, 6.45) is -1.30. The van der Waals surface area contributed by atoms with Gasteiger partial charge in [0.25, 0.3) is 0 Å². The molecule has 13 heteroatoms. The highest BCUT2D eigenvalue weighted by atomic mass is 16.4. The number of carboxylic acids is 1. The standard InChI is InChI=1S/C22H32N6O7/c1-11(2)18(25)21(33)27-14(9-16(23)29)20(32)26-13(8-12-6-4-3-5-7-12)19(31)28-15(22(34)35)10-17(24)30/h3-7,11,13-15,18H,8-10,25H2,1-2H3,(H2,23,29)(H2,24,30)(H,26,32)(H,27,33)(H,28,31)(H,34,35). The maximum Gasteiger partial charge on any atom is 0.326 e. The highest BCUT2D eigenvalue weighted by Crippen LogP contribution is 2.07. The molecule has 0 spiro atoms. The minimum absolute atomic E-state index is 0.0654. The number of carbonyl (C=O) groups is 6. The molecule has 1 rings (SSSR count). The highest BCUT2D eigenvalue weighted by molar-refractivity contribution is 5.96. The minimum Gasteiger partial charge on any atom is -0.480 e. The third-order valence-corrected chi connectivity index (χ3v) is 4.99. The van der Waals surface area contributed by atoms with Gasteiger partial charge in [-0.05, 0) is 11.5 Å². The van der Waals surface area contributed by atoms with Gasteiger partial charge in [0.1, 0.15) is 18.1 Å². The molecule has 0 aliphatic heterocycles. The van der Waals surface area contributed by atoms with Crippen LogP contribution in [0.15, 0.2) is 30.3 Å². The van der Waals surface area contributed by atoms with E-state index in [0.717, 1.165) is 0 Å². The molecule has 0 heterocycles. The Balaban J connectivity index is 3.15. The number of carbonyl (C=O) groups excluding carboxylic acids is 5. The van der Waals surface area contributed by atoms with Crippen molar-refractivity contribution in [3.05, 3.63) is 35.9 Å². The fourth-order valence-corrected chi connectivity index (χ4v) is 2.99. The average Bonchev–Trinajstić information content (AvgIpc) is 2.76. The van der Waals surface area contributed by atoms with Crippen molar-refractivity contribution in [2.24, 2.45) is 23.1 Å². The lowest BCUT2D eigenvalue weighted by atomic mass is 10.0. The first-order valence-electron chi connectivity index (χ1n) is 10.8. The van der Waals surface area contributed by atoms with E-state index in [9.17, 15) is 33.9 Å². The number of hydrogen-bond acceptors (Lipinski definition) is 7. The molecule has 0 aromatic heterocycles. The molecule has 0 fully saturated rings. The third-order valence-electron chi connectivity index (χ3n) is 4.99. The number of carboxylic acid groups (broad SMARTS) is 1. The van der Waals surface area contributed by atoms with Crippen molar-refractivity contribution < 1.29 is 33.9 Å². The SMILES string of the molecule is CC(C)C(N)C(=O)NC(CC(N)=O)C(=O)NC(Cc1ccccc1)C(=O)NC(CC(N)=O)C(=O)O. The molecule has 13 nitrogen and oxygen atoms in total. The maximum absolute atomic E-state index is 13.0. The first-order valence-corrected chi connectivity index (χ1v) is 10.8. The smallest absolute Gasteiger partial charge is 0.326 e. The fraction of sp³-hybridized carbons (Fsp3) is 0.455. The van der Waals surface area contributed by atoms with Crippen LogP contribution in [0.1, 0.15) is 32.3 Å². The Kier molecular flexibility index (Phi) is 11.3. The molecule has 0 saturated carbocycles. The van der Waals surface area contributed by atoms with Gasteiger partial charge in [-0.1, -0.05) is 44.2 Å². The minimum atomic E-state index is -1.62. The summed E-state index contributed by atoms with van der Waals surface area (Å²) in [4.78, 5) is 72.3. The quantitative estimate of drug-likeness (QED) is 0.146. The van der Waals surface area contributed by atoms with Crippen LogP contribution in [0.3, 0.4) is 0 Å². The van der Waals surface area contributed by atoms with Crippen molar-refractivity contribution in [2.75, 3.05) is 0 Å². The van der Waals surface area contributed by atoms with Gasteiger partial charge in [-0.15, -0.1) is 0 Å². The van der Waals surface area contributed by atoms with Gasteiger partial charge in [-0.3, -0.25) is 24.0 Å². The van der Waals surface area contributed by atoms with Gasteiger partial charge in [0.2, 0.25) is 29.5 Å². The Bertz CT molecular complexity index is 937. The lowest BCUT2D eigenvalue weighted by molar-refractivity contribution is -0.143. The number of nitrogens with two attached hydrogens (primary N) is 3. The van der Waals surface area contributed by atoms with Gasteiger partial charge >= 0.3 is 5.97 Å². The Morgan fingerprint density at radius 2 is 1.23 bits per heavy atom. The van der Waals surface area contributed by atoms with Gasteiger partial charge < -0.3 is 38.3 Å². The molecule has 4 unspecified atom stereocenters. The maximum atomic E-state index is 13.0. The van der Waals surface area contributed by atoms with Gasteiger partial charge in [-0.2, -0.15) is 0 Å². The van der Waals surface area contributed by atoms with Crippen LogP contribution in [-0.2, 0) is 35.2 Å². The Morgan fingerprint density at radius 1 is 0.771 bits per heavy atom. The van der Waals surface area contributed by atoms with E-state index in [2.05, 4.69) is 16.0 Å². The van der Waals surface area contributed by atoms with Crippen LogP contribution >= 0.6 is 0 Å². The van der Waals surface area contributed by atoms with E-state index in [1.807, 2.05) is 0 Å². The van der Waals surface area contributed by atoms with E-state index < -0.39 is 72.5 Å². The topological polar surface area (TPSA) is 237 Å². The second-order valence-electron chi connectivity index (χ2n) is 8.32. The lowest BCUT2D eigenvalue weighted by Crippen LogP contribution is -2.58. The summed E-state index contributed by atoms with van der Waals surface area (Å²) < 4.78 is 0. The first-order chi connectivity index (χ1) is 16.3. The van der Waals surface area contributed by atoms with Crippen molar-refractivity contribution in [3.63, 3.8) is 0 Å². The van der Waals surface area contributed by atoms with Crippen molar-refractivity contribution in [2.45, 2.75) is 57.3 Å². The van der Waals surface area contributed by atoms with Crippen LogP contribution in [0.25, 0.3) is 0 Å². The molecule has 10 N–H and O–H groups in total. The number of primary amides is 2. The van der Waals surface area contributed by atoms with Crippen molar-refractivity contribution in [3.8, 4) is 0 Å². The second-order valence-corrected chi connectivity index (χ2v) is 8.32. The molecule has 0 aliphatic rings. The van der Waals surface area contributed by atoms with E-state index in [4.69, 9.17) is 17.2 Å². The van der Waals surface area contributed by atoms with Gasteiger partial charge in [0, 0.05) is 6.42 Å². The second kappa shape index (κ2) is 13.6. The van der Waals surface area contributed by atoms with Crippen molar-refractivity contribution >= 4 is 35.5 Å². The van der Waals surface area contributed by atoms with Crippen LogP contribution in [0.2, 0.25) is 0 Å². The molecule has 192 valence electrons. The number of benzene rings is 1. The monoisotopic (exact) mass is 492 g/mol. The molecular weight excluding hydrogens is 460 g/mol. The summed E-state index contributed by atoms with van der Waals surface area (Å²) in [5.41, 5.74) is 16.7. The van der Waals surface area contributed by atoms with E-state index in [1.54, 1.807) is 44.2 Å². The van der Waals surface area contributed by atoms with Crippen molar-refractivity contribution in [1.29, 1.82) is 0 Å². The highest BCUT2D eigenvalue weighted by Gasteiger charge is 2.32. The Labute approximate surface area is 202 Å². The molecule has 4 atom stereocenters. The molecule has 1 aromatic carbocycles. The number of nitrogens with one attached hydrogen (secondary N) is 3. The summed E-state index contributed by atoms with van der Waals surface area (Å²) in [5.74, 6) is -6.12.